The molecule has 0 aliphatic carbocycles. The third kappa shape index (κ3) is 2.11. The maximum absolute atomic E-state index is 11.0. The molecular formula is C13H7Cl2N3O2. The van der Waals surface area contributed by atoms with E-state index in [-0.39, 0.29) is 5.69 Å². The second-order valence-corrected chi connectivity index (χ2v) is 4.88. The summed E-state index contributed by atoms with van der Waals surface area (Å²) in [6.07, 6.45) is 1.58. The van der Waals surface area contributed by atoms with E-state index in [1.54, 1.807) is 30.5 Å². The summed E-state index contributed by atoms with van der Waals surface area (Å²) in [7, 11) is 0. The number of rotatable bonds is 2. The van der Waals surface area contributed by atoms with Crippen molar-refractivity contribution in [3.63, 3.8) is 0 Å². The van der Waals surface area contributed by atoms with Crippen molar-refractivity contribution in [2.75, 3.05) is 0 Å². The third-order valence-corrected chi connectivity index (χ3v) is 3.53. The molecule has 0 radical (unpaired) electrons. The first kappa shape index (κ1) is 12.9. The van der Waals surface area contributed by atoms with Crippen LogP contribution in [-0.2, 0) is 0 Å². The smallest absolute Gasteiger partial charge is 0.356 e. The van der Waals surface area contributed by atoms with Gasteiger partial charge in [0.2, 0.25) is 0 Å². The maximum Gasteiger partial charge on any atom is 0.356 e. The van der Waals surface area contributed by atoms with Gasteiger partial charge in [0.15, 0.2) is 11.3 Å². The molecule has 0 spiro atoms. The van der Waals surface area contributed by atoms with Crippen molar-refractivity contribution in [1.29, 1.82) is 0 Å². The lowest BCUT2D eigenvalue weighted by Crippen LogP contribution is -1.99. The Kier molecular flexibility index (Phi) is 3.08. The fourth-order valence-electron chi connectivity index (χ4n) is 1.87. The number of nitrogens with zero attached hydrogens (tertiary/aromatic N) is 3. The number of aromatic carboxylic acids is 1. The zero-order valence-electron chi connectivity index (χ0n) is 9.92. The van der Waals surface area contributed by atoms with Crippen LogP contribution in [0.3, 0.4) is 0 Å². The maximum atomic E-state index is 11.0. The van der Waals surface area contributed by atoms with E-state index in [0.717, 1.165) is 5.56 Å². The number of carboxylic acid groups (broad SMARTS) is 1. The summed E-state index contributed by atoms with van der Waals surface area (Å²) in [5.41, 5.74) is 1.84. The van der Waals surface area contributed by atoms with E-state index in [2.05, 4.69) is 10.1 Å². The number of fused-ring (bicyclic) bond motifs is 1. The van der Waals surface area contributed by atoms with Crippen LogP contribution in [0.25, 0.3) is 16.9 Å². The molecular weight excluding hydrogens is 301 g/mol. The van der Waals surface area contributed by atoms with E-state index < -0.39 is 5.97 Å². The van der Waals surface area contributed by atoms with Gasteiger partial charge >= 0.3 is 5.97 Å². The zero-order chi connectivity index (χ0) is 14.3. The molecule has 0 saturated carbocycles. The van der Waals surface area contributed by atoms with Crippen LogP contribution in [0.1, 0.15) is 10.5 Å². The molecule has 20 heavy (non-hydrogen) atoms. The Morgan fingerprint density at radius 1 is 1.15 bits per heavy atom. The minimum atomic E-state index is -1.10. The summed E-state index contributed by atoms with van der Waals surface area (Å²) in [6.45, 7) is 0. The Balaban J connectivity index is 2.24. The highest BCUT2D eigenvalue weighted by atomic mass is 35.5. The number of benzene rings is 1. The van der Waals surface area contributed by atoms with Crippen molar-refractivity contribution < 1.29 is 9.90 Å². The number of carboxylic acids is 1. The molecule has 1 N–H and O–H groups in total. The standard InChI is InChI=1S/C13H7Cl2N3O2/c14-8-2-1-7(5-9(8)15)11-3-4-16-12-6-10(13(19)20)17-18(11)12/h1-6H,(H,19,20). The minimum Gasteiger partial charge on any atom is -0.476 e. The first-order chi connectivity index (χ1) is 9.56. The first-order valence-corrected chi connectivity index (χ1v) is 6.35. The molecule has 3 aromatic rings. The number of hydrogen-bond donors (Lipinski definition) is 1. The van der Waals surface area contributed by atoms with E-state index in [1.807, 2.05) is 0 Å². The van der Waals surface area contributed by atoms with E-state index in [9.17, 15) is 4.79 Å². The minimum absolute atomic E-state index is 0.0648. The number of carbonyl (C=O) groups is 1. The number of hydrogen-bond acceptors (Lipinski definition) is 3. The predicted molar refractivity (Wildman–Crippen MR) is 75.4 cm³/mol. The Hall–Kier alpha value is -2.11. The van der Waals surface area contributed by atoms with Gasteiger partial charge in [-0.25, -0.2) is 14.3 Å². The summed E-state index contributed by atoms with van der Waals surface area (Å²) in [5, 5.41) is 13.9. The number of aromatic nitrogens is 3. The molecule has 0 unspecified atom stereocenters. The van der Waals surface area contributed by atoms with Crippen LogP contribution in [0.2, 0.25) is 10.0 Å². The van der Waals surface area contributed by atoms with Crippen molar-refractivity contribution in [2.24, 2.45) is 0 Å². The molecule has 0 aliphatic heterocycles. The number of halogens is 2. The normalized spacial score (nSPS) is 10.9. The molecule has 0 amide bonds. The van der Waals surface area contributed by atoms with Gasteiger partial charge in [-0.2, -0.15) is 5.10 Å². The molecule has 5 nitrogen and oxygen atoms in total. The first-order valence-electron chi connectivity index (χ1n) is 5.60. The van der Waals surface area contributed by atoms with Gasteiger partial charge in [0.25, 0.3) is 0 Å². The van der Waals surface area contributed by atoms with Crippen LogP contribution < -0.4 is 0 Å². The summed E-state index contributed by atoms with van der Waals surface area (Å²) in [6, 6.07) is 8.29. The molecule has 0 fully saturated rings. The third-order valence-electron chi connectivity index (χ3n) is 2.79. The van der Waals surface area contributed by atoms with Crippen LogP contribution in [0, 0.1) is 0 Å². The van der Waals surface area contributed by atoms with Gasteiger partial charge in [-0.3, -0.25) is 0 Å². The van der Waals surface area contributed by atoms with Crippen molar-refractivity contribution >= 4 is 34.8 Å². The lowest BCUT2D eigenvalue weighted by Gasteiger charge is -2.05. The fraction of sp³-hybridized carbons (Fsp3) is 0. The highest BCUT2D eigenvalue weighted by Crippen LogP contribution is 2.28. The Bertz CT molecular complexity index is 830. The SMILES string of the molecule is O=C(O)c1cc2nccc(-c3ccc(Cl)c(Cl)c3)n2n1. The molecule has 0 bridgehead atoms. The Morgan fingerprint density at radius 2 is 1.95 bits per heavy atom. The largest absolute Gasteiger partial charge is 0.476 e. The van der Waals surface area contributed by atoms with Crippen LogP contribution in [-0.4, -0.2) is 25.7 Å². The highest BCUT2D eigenvalue weighted by Gasteiger charge is 2.13. The van der Waals surface area contributed by atoms with Crippen LogP contribution >= 0.6 is 23.2 Å². The van der Waals surface area contributed by atoms with Gasteiger partial charge < -0.3 is 5.11 Å². The molecule has 2 heterocycles. The van der Waals surface area contributed by atoms with Crippen molar-refractivity contribution in [1.82, 2.24) is 14.6 Å². The second-order valence-electron chi connectivity index (χ2n) is 4.06. The van der Waals surface area contributed by atoms with Crippen molar-refractivity contribution in [3.8, 4) is 11.3 Å². The van der Waals surface area contributed by atoms with Crippen molar-refractivity contribution in [2.45, 2.75) is 0 Å². The second kappa shape index (κ2) is 4.77. The monoisotopic (exact) mass is 307 g/mol. The quantitative estimate of drug-likeness (QED) is 0.788. The molecule has 3 rings (SSSR count). The molecule has 0 aliphatic rings. The fourth-order valence-corrected chi connectivity index (χ4v) is 2.17. The summed E-state index contributed by atoms with van der Waals surface area (Å²) >= 11 is 11.9. The van der Waals surface area contributed by atoms with Gasteiger partial charge in [0.05, 0.1) is 15.7 Å². The van der Waals surface area contributed by atoms with E-state index in [0.29, 0.717) is 21.4 Å². The Morgan fingerprint density at radius 3 is 2.65 bits per heavy atom. The lowest BCUT2D eigenvalue weighted by atomic mass is 10.1. The molecule has 0 saturated heterocycles. The van der Waals surface area contributed by atoms with Crippen molar-refractivity contribution in [3.05, 3.63) is 52.3 Å². The van der Waals surface area contributed by atoms with E-state index in [1.165, 1.54) is 10.6 Å². The van der Waals surface area contributed by atoms with Gasteiger partial charge in [0, 0.05) is 17.8 Å². The highest BCUT2D eigenvalue weighted by molar-refractivity contribution is 6.42. The van der Waals surface area contributed by atoms with Crippen LogP contribution in [0.5, 0.6) is 0 Å². The van der Waals surface area contributed by atoms with E-state index in [4.69, 9.17) is 28.3 Å². The molecule has 0 atom stereocenters. The molecule has 1 aromatic carbocycles. The lowest BCUT2D eigenvalue weighted by molar-refractivity contribution is 0.0690. The Labute approximate surface area is 123 Å². The molecule has 7 heteroatoms. The zero-order valence-corrected chi connectivity index (χ0v) is 11.4. The van der Waals surface area contributed by atoms with Gasteiger partial charge in [0.1, 0.15) is 0 Å². The summed E-state index contributed by atoms with van der Waals surface area (Å²) in [5.74, 6) is -1.10. The molecule has 100 valence electrons. The van der Waals surface area contributed by atoms with Crippen LogP contribution in [0.15, 0.2) is 36.5 Å². The van der Waals surface area contributed by atoms with Gasteiger partial charge in [-0.1, -0.05) is 29.3 Å². The van der Waals surface area contributed by atoms with E-state index >= 15 is 0 Å². The predicted octanol–water partition coefficient (Wildman–Crippen LogP) is 3.40. The summed E-state index contributed by atoms with van der Waals surface area (Å²) < 4.78 is 1.46. The molecule has 2 aromatic heterocycles. The summed E-state index contributed by atoms with van der Waals surface area (Å²) in [4.78, 5) is 15.1. The van der Waals surface area contributed by atoms with Crippen LogP contribution in [0.4, 0.5) is 0 Å². The average molecular weight is 308 g/mol. The van der Waals surface area contributed by atoms with Gasteiger partial charge in [-0.05, 0) is 18.2 Å². The topological polar surface area (TPSA) is 67.5 Å². The average Bonchev–Trinajstić information content (AvgIpc) is 2.86. The van der Waals surface area contributed by atoms with Gasteiger partial charge in [-0.15, -0.1) is 0 Å².